The molecule has 24 heavy (non-hydrogen) atoms. The van der Waals surface area contributed by atoms with E-state index in [1.54, 1.807) is 14.2 Å². The number of methoxy groups -OCH3 is 1. The van der Waals surface area contributed by atoms with Gasteiger partial charge in [-0.25, -0.2) is 0 Å². The molecule has 1 aromatic carbocycles. The van der Waals surface area contributed by atoms with E-state index >= 15 is 0 Å². The van der Waals surface area contributed by atoms with Gasteiger partial charge in [0, 0.05) is 31.5 Å². The van der Waals surface area contributed by atoms with E-state index in [2.05, 4.69) is 46.6 Å². The van der Waals surface area contributed by atoms with Crippen molar-refractivity contribution in [1.29, 1.82) is 0 Å². The summed E-state index contributed by atoms with van der Waals surface area (Å²) in [7, 11) is 3.47. The molecule has 5 nitrogen and oxygen atoms in total. The lowest BCUT2D eigenvalue weighted by Crippen LogP contribution is -2.39. The van der Waals surface area contributed by atoms with Gasteiger partial charge in [0.1, 0.15) is 5.75 Å². The van der Waals surface area contributed by atoms with Crippen LogP contribution in [0.2, 0.25) is 0 Å². The van der Waals surface area contributed by atoms with Gasteiger partial charge in [-0.3, -0.25) is 9.98 Å². The molecule has 0 amide bonds. The Morgan fingerprint density at radius 2 is 2.08 bits per heavy atom. The normalized spacial score (nSPS) is 12.6. The molecule has 128 valence electrons. The Morgan fingerprint density at radius 1 is 1.29 bits per heavy atom. The van der Waals surface area contributed by atoms with Crippen LogP contribution in [0.3, 0.4) is 0 Å². The van der Waals surface area contributed by atoms with Gasteiger partial charge in [0.05, 0.1) is 13.2 Å². The number of aryl methyl sites for hydroxylation is 1. The number of aromatic nitrogens is 1. The molecule has 0 aliphatic rings. The van der Waals surface area contributed by atoms with E-state index in [1.807, 2.05) is 30.6 Å². The van der Waals surface area contributed by atoms with E-state index in [0.717, 1.165) is 30.2 Å². The van der Waals surface area contributed by atoms with Crippen molar-refractivity contribution in [2.75, 3.05) is 20.7 Å². The number of nitrogens with one attached hydrogen (secondary N) is 2. The van der Waals surface area contributed by atoms with Crippen molar-refractivity contribution in [2.24, 2.45) is 4.99 Å². The number of guanidine groups is 1. The maximum absolute atomic E-state index is 5.43. The lowest BCUT2D eigenvalue weighted by atomic mass is 10.1. The van der Waals surface area contributed by atoms with Crippen molar-refractivity contribution in [3.8, 4) is 5.75 Å². The van der Waals surface area contributed by atoms with E-state index in [0.29, 0.717) is 0 Å². The van der Waals surface area contributed by atoms with Gasteiger partial charge < -0.3 is 15.4 Å². The molecule has 1 heterocycles. The molecule has 1 atom stereocenters. The highest BCUT2D eigenvalue weighted by Crippen LogP contribution is 2.24. The number of hydrogen-bond donors (Lipinski definition) is 2. The number of hydrogen-bond acceptors (Lipinski definition) is 3. The minimum Gasteiger partial charge on any atom is -0.496 e. The molecule has 1 aromatic heterocycles. The molecule has 0 saturated carbocycles. The lowest BCUT2D eigenvalue weighted by Gasteiger charge is -2.20. The monoisotopic (exact) mass is 326 g/mol. The van der Waals surface area contributed by atoms with Gasteiger partial charge in [-0.15, -0.1) is 0 Å². The van der Waals surface area contributed by atoms with Crippen molar-refractivity contribution in [2.45, 2.75) is 26.3 Å². The molecule has 0 radical (unpaired) electrons. The summed E-state index contributed by atoms with van der Waals surface area (Å²) in [5, 5.41) is 6.77. The largest absolute Gasteiger partial charge is 0.496 e. The number of pyridine rings is 1. The van der Waals surface area contributed by atoms with Gasteiger partial charge in [-0.05, 0) is 43.5 Å². The first-order valence-electron chi connectivity index (χ1n) is 8.15. The molecule has 0 bridgehead atoms. The Morgan fingerprint density at radius 3 is 2.79 bits per heavy atom. The topological polar surface area (TPSA) is 58.5 Å². The Kier molecular flexibility index (Phi) is 6.61. The predicted octanol–water partition coefficient (Wildman–Crippen LogP) is 2.87. The Balaban J connectivity index is 1.91. The Labute approximate surface area is 144 Å². The second kappa shape index (κ2) is 8.91. The minimum absolute atomic E-state index is 0.0926. The van der Waals surface area contributed by atoms with Crippen molar-refractivity contribution in [3.63, 3.8) is 0 Å². The Bertz CT molecular complexity index is 685. The SMILES string of the molecule is CN=C(NCCc1ccncc1C)NC(C)c1ccccc1OC. The van der Waals surface area contributed by atoms with Gasteiger partial charge >= 0.3 is 0 Å². The van der Waals surface area contributed by atoms with Crippen molar-refractivity contribution in [1.82, 2.24) is 15.6 Å². The smallest absolute Gasteiger partial charge is 0.191 e. The quantitative estimate of drug-likeness (QED) is 0.633. The van der Waals surface area contributed by atoms with Crippen LogP contribution in [0.1, 0.15) is 29.7 Å². The first-order chi connectivity index (χ1) is 11.7. The van der Waals surface area contributed by atoms with Crippen molar-refractivity contribution >= 4 is 5.96 Å². The zero-order valence-electron chi connectivity index (χ0n) is 14.8. The van der Waals surface area contributed by atoms with Gasteiger partial charge in [0.25, 0.3) is 0 Å². The first kappa shape index (κ1) is 17.8. The predicted molar refractivity (Wildman–Crippen MR) is 98.6 cm³/mol. The number of ether oxygens (including phenoxy) is 1. The molecule has 5 heteroatoms. The third-order valence-electron chi connectivity index (χ3n) is 4.01. The van der Waals surface area contributed by atoms with Crippen LogP contribution in [-0.4, -0.2) is 31.6 Å². The number of para-hydroxylation sites is 1. The summed E-state index contributed by atoms with van der Waals surface area (Å²) >= 11 is 0. The molecule has 0 spiro atoms. The molecule has 1 unspecified atom stereocenters. The number of aliphatic imine (C=N–C) groups is 1. The number of nitrogens with zero attached hydrogens (tertiary/aromatic N) is 2. The summed E-state index contributed by atoms with van der Waals surface area (Å²) in [6.07, 6.45) is 4.66. The van der Waals surface area contributed by atoms with Crippen LogP contribution in [0.4, 0.5) is 0 Å². The fourth-order valence-electron chi connectivity index (χ4n) is 2.60. The van der Waals surface area contributed by atoms with Gasteiger partial charge in [-0.2, -0.15) is 0 Å². The molecule has 0 fully saturated rings. The van der Waals surface area contributed by atoms with Crippen molar-refractivity contribution < 1.29 is 4.74 Å². The third-order valence-corrected chi connectivity index (χ3v) is 4.01. The van der Waals surface area contributed by atoms with E-state index in [4.69, 9.17) is 4.74 Å². The van der Waals surface area contributed by atoms with Crippen LogP contribution < -0.4 is 15.4 Å². The fraction of sp³-hybridized carbons (Fsp3) is 0.368. The maximum atomic E-state index is 5.43. The summed E-state index contributed by atoms with van der Waals surface area (Å²) in [6, 6.07) is 10.2. The van der Waals surface area contributed by atoms with E-state index in [1.165, 1.54) is 11.1 Å². The summed E-state index contributed by atoms with van der Waals surface area (Å²) < 4.78 is 5.43. The average molecular weight is 326 g/mol. The van der Waals surface area contributed by atoms with Crippen LogP contribution in [-0.2, 0) is 6.42 Å². The summed E-state index contributed by atoms with van der Waals surface area (Å²) in [6.45, 7) is 4.99. The Hall–Kier alpha value is -2.56. The van der Waals surface area contributed by atoms with E-state index in [-0.39, 0.29) is 6.04 Å². The van der Waals surface area contributed by atoms with Crippen LogP contribution in [0.15, 0.2) is 47.7 Å². The molecule has 2 N–H and O–H groups in total. The second-order valence-electron chi connectivity index (χ2n) is 5.66. The highest BCUT2D eigenvalue weighted by Gasteiger charge is 2.12. The lowest BCUT2D eigenvalue weighted by molar-refractivity contribution is 0.405. The van der Waals surface area contributed by atoms with Crippen LogP contribution in [0, 0.1) is 6.92 Å². The molecule has 0 saturated heterocycles. The van der Waals surface area contributed by atoms with Crippen LogP contribution >= 0.6 is 0 Å². The highest BCUT2D eigenvalue weighted by molar-refractivity contribution is 5.80. The summed E-state index contributed by atoms with van der Waals surface area (Å²) in [4.78, 5) is 8.43. The summed E-state index contributed by atoms with van der Waals surface area (Å²) in [5.74, 6) is 1.65. The second-order valence-corrected chi connectivity index (χ2v) is 5.66. The standard InChI is InChI=1S/C19H26N4O/c1-14-13-21-11-9-16(14)10-12-22-19(20-3)23-15(2)17-7-5-6-8-18(17)24-4/h5-9,11,13,15H,10,12H2,1-4H3,(H2,20,22,23). The molecule has 0 aliphatic carbocycles. The van der Waals surface area contributed by atoms with Crippen molar-refractivity contribution in [3.05, 3.63) is 59.4 Å². The third kappa shape index (κ3) is 4.72. The highest BCUT2D eigenvalue weighted by atomic mass is 16.5. The summed E-state index contributed by atoms with van der Waals surface area (Å²) in [5.41, 5.74) is 3.61. The molecule has 0 aliphatic heterocycles. The maximum Gasteiger partial charge on any atom is 0.191 e. The van der Waals surface area contributed by atoms with Crippen LogP contribution in [0.25, 0.3) is 0 Å². The van der Waals surface area contributed by atoms with E-state index in [9.17, 15) is 0 Å². The number of rotatable bonds is 6. The fourth-order valence-corrected chi connectivity index (χ4v) is 2.60. The van der Waals surface area contributed by atoms with Crippen LogP contribution in [0.5, 0.6) is 5.75 Å². The average Bonchev–Trinajstić information content (AvgIpc) is 2.62. The zero-order chi connectivity index (χ0) is 17.4. The minimum atomic E-state index is 0.0926. The first-order valence-corrected chi connectivity index (χ1v) is 8.15. The molecular weight excluding hydrogens is 300 g/mol. The van der Waals surface area contributed by atoms with Gasteiger partial charge in [0.2, 0.25) is 0 Å². The number of benzene rings is 1. The zero-order valence-corrected chi connectivity index (χ0v) is 14.8. The molecule has 2 rings (SSSR count). The molecule has 2 aromatic rings. The van der Waals surface area contributed by atoms with Gasteiger partial charge in [-0.1, -0.05) is 18.2 Å². The molecular formula is C19H26N4O. The van der Waals surface area contributed by atoms with Gasteiger partial charge in [0.15, 0.2) is 5.96 Å². The van der Waals surface area contributed by atoms with E-state index < -0.39 is 0 Å².